The molecule has 0 heterocycles. The fraction of sp³-hybridized carbons (Fsp3) is 0.167. The SMILES string of the molecule is CCOc1ccc(NC(=O)COC(=O)c2ccc(S(=O)(=O)Nc3ccc(C)cc3)cc2)c([N+](=O)[O-])c1. The zero-order chi connectivity index (χ0) is 26.3. The molecule has 0 bridgehead atoms. The first-order chi connectivity index (χ1) is 17.1. The molecule has 0 fully saturated rings. The number of aryl methyl sites for hydroxylation is 1. The minimum absolute atomic E-state index is 0.0177. The molecule has 3 rings (SSSR count). The molecule has 36 heavy (non-hydrogen) atoms. The highest BCUT2D eigenvalue weighted by molar-refractivity contribution is 7.92. The Morgan fingerprint density at radius 3 is 2.28 bits per heavy atom. The Morgan fingerprint density at radius 2 is 1.67 bits per heavy atom. The van der Waals surface area contributed by atoms with Gasteiger partial charge in [-0.1, -0.05) is 17.7 Å². The number of hydrogen-bond acceptors (Lipinski definition) is 8. The van der Waals surface area contributed by atoms with E-state index in [0.717, 1.165) is 5.56 Å². The lowest BCUT2D eigenvalue weighted by molar-refractivity contribution is -0.384. The van der Waals surface area contributed by atoms with Crippen LogP contribution in [-0.2, 0) is 19.6 Å². The van der Waals surface area contributed by atoms with Crippen molar-refractivity contribution < 1.29 is 32.4 Å². The van der Waals surface area contributed by atoms with Crippen molar-refractivity contribution in [3.05, 3.63) is 88.0 Å². The van der Waals surface area contributed by atoms with Gasteiger partial charge in [-0.25, -0.2) is 13.2 Å². The van der Waals surface area contributed by atoms with Gasteiger partial charge in [0.2, 0.25) is 0 Å². The number of carbonyl (C=O) groups excluding carboxylic acids is 2. The van der Waals surface area contributed by atoms with Crippen molar-refractivity contribution in [1.82, 2.24) is 0 Å². The average molecular weight is 514 g/mol. The molecule has 0 unspecified atom stereocenters. The summed E-state index contributed by atoms with van der Waals surface area (Å²) in [4.78, 5) is 35.0. The molecule has 0 saturated heterocycles. The third-order valence-corrected chi connectivity index (χ3v) is 6.19. The predicted octanol–water partition coefficient (Wildman–Crippen LogP) is 3.90. The van der Waals surface area contributed by atoms with E-state index in [0.29, 0.717) is 12.3 Å². The summed E-state index contributed by atoms with van der Waals surface area (Å²) >= 11 is 0. The Balaban J connectivity index is 1.60. The van der Waals surface area contributed by atoms with Crippen LogP contribution in [-0.4, -0.2) is 38.4 Å². The van der Waals surface area contributed by atoms with Gasteiger partial charge in [0.1, 0.15) is 11.4 Å². The summed E-state index contributed by atoms with van der Waals surface area (Å²) in [5.41, 5.74) is 0.927. The molecule has 188 valence electrons. The fourth-order valence-electron chi connectivity index (χ4n) is 3.03. The van der Waals surface area contributed by atoms with Gasteiger partial charge in [0.05, 0.1) is 28.1 Å². The zero-order valence-electron chi connectivity index (χ0n) is 19.4. The highest BCUT2D eigenvalue weighted by Gasteiger charge is 2.19. The van der Waals surface area contributed by atoms with E-state index in [1.165, 1.54) is 42.5 Å². The van der Waals surface area contributed by atoms with E-state index >= 15 is 0 Å². The van der Waals surface area contributed by atoms with Crippen LogP contribution in [0.15, 0.2) is 71.6 Å². The Bertz CT molecular complexity index is 1370. The van der Waals surface area contributed by atoms with Crippen LogP contribution >= 0.6 is 0 Å². The van der Waals surface area contributed by atoms with E-state index < -0.39 is 33.4 Å². The van der Waals surface area contributed by atoms with Crippen LogP contribution in [0.3, 0.4) is 0 Å². The molecule has 3 aromatic carbocycles. The molecule has 0 atom stereocenters. The van der Waals surface area contributed by atoms with Crippen LogP contribution in [0.1, 0.15) is 22.8 Å². The Labute approximate surface area is 207 Å². The van der Waals surface area contributed by atoms with E-state index in [9.17, 15) is 28.1 Å². The number of amides is 1. The standard InChI is InChI=1S/C24H23N3O8S/c1-3-34-19-10-13-21(22(14-19)27(30)31)25-23(28)15-35-24(29)17-6-11-20(12-7-17)36(32,33)26-18-8-4-16(2)5-9-18/h4-14,26H,3,15H2,1-2H3,(H,25,28). The second-order valence-electron chi connectivity index (χ2n) is 7.49. The molecule has 3 aromatic rings. The third-order valence-electron chi connectivity index (χ3n) is 4.79. The molecule has 0 saturated carbocycles. The van der Waals surface area contributed by atoms with Crippen molar-refractivity contribution in [1.29, 1.82) is 0 Å². The van der Waals surface area contributed by atoms with Crippen LogP contribution in [0.5, 0.6) is 5.75 Å². The van der Waals surface area contributed by atoms with Gasteiger partial charge in [-0.2, -0.15) is 0 Å². The molecule has 12 heteroatoms. The van der Waals surface area contributed by atoms with E-state index in [1.54, 1.807) is 31.2 Å². The topological polar surface area (TPSA) is 154 Å². The monoisotopic (exact) mass is 513 g/mol. The highest BCUT2D eigenvalue weighted by Crippen LogP contribution is 2.29. The molecule has 2 N–H and O–H groups in total. The number of hydrogen-bond donors (Lipinski definition) is 2. The van der Waals surface area contributed by atoms with E-state index in [2.05, 4.69) is 10.0 Å². The van der Waals surface area contributed by atoms with Crippen molar-refractivity contribution in [3.63, 3.8) is 0 Å². The molecule has 0 radical (unpaired) electrons. The van der Waals surface area contributed by atoms with E-state index in [4.69, 9.17) is 9.47 Å². The zero-order valence-corrected chi connectivity index (χ0v) is 20.2. The van der Waals surface area contributed by atoms with Crippen LogP contribution in [0.25, 0.3) is 0 Å². The number of sulfonamides is 1. The summed E-state index contributed by atoms with van der Waals surface area (Å²) in [7, 11) is -3.88. The number of nitro benzene ring substituents is 1. The van der Waals surface area contributed by atoms with Crippen LogP contribution in [0, 0.1) is 17.0 Å². The van der Waals surface area contributed by atoms with Crippen molar-refractivity contribution in [3.8, 4) is 5.75 Å². The Morgan fingerprint density at radius 1 is 1.00 bits per heavy atom. The summed E-state index contributed by atoms with van der Waals surface area (Å²) in [6.07, 6.45) is 0. The summed E-state index contributed by atoms with van der Waals surface area (Å²) in [5, 5.41) is 13.6. The molecule has 0 aliphatic heterocycles. The second kappa shape index (κ2) is 11.3. The Kier molecular flexibility index (Phi) is 8.22. The number of esters is 1. The number of ether oxygens (including phenoxy) is 2. The number of anilines is 2. The van der Waals surface area contributed by atoms with Gasteiger partial charge in [-0.05, 0) is 62.4 Å². The number of nitro groups is 1. The number of carbonyl (C=O) groups is 2. The minimum Gasteiger partial charge on any atom is -0.494 e. The summed E-state index contributed by atoms with van der Waals surface area (Å²) in [6, 6.07) is 15.7. The maximum atomic E-state index is 12.6. The fourth-order valence-corrected chi connectivity index (χ4v) is 4.09. The second-order valence-corrected chi connectivity index (χ2v) is 9.17. The first-order valence-electron chi connectivity index (χ1n) is 10.7. The summed E-state index contributed by atoms with van der Waals surface area (Å²) in [5.74, 6) is -1.40. The van der Waals surface area contributed by atoms with E-state index in [-0.39, 0.29) is 27.6 Å². The number of nitrogens with one attached hydrogen (secondary N) is 2. The quantitative estimate of drug-likeness (QED) is 0.235. The van der Waals surface area contributed by atoms with Gasteiger partial charge >= 0.3 is 5.97 Å². The first kappa shape index (κ1) is 26.2. The molecule has 11 nitrogen and oxygen atoms in total. The Hall–Kier alpha value is -4.45. The van der Waals surface area contributed by atoms with Crippen molar-refractivity contribution >= 4 is 39.0 Å². The molecule has 0 spiro atoms. The molecule has 0 aliphatic carbocycles. The lowest BCUT2D eigenvalue weighted by Crippen LogP contribution is -2.21. The number of nitrogens with zero attached hydrogens (tertiary/aromatic N) is 1. The van der Waals surface area contributed by atoms with Gasteiger partial charge < -0.3 is 14.8 Å². The van der Waals surface area contributed by atoms with Gasteiger partial charge in [0.15, 0.2) is 6.61 Å². The van der Waals surface area contributed by atoms with Crippen molar-refractivity contribution in [2.75, 3.05) is 23.3 Å². The normalized spacial score (nSPS) is 10.8. The highest BCUT2D eigenvalue weighted by atomic mass is 32.2. The third kappa shape index (κ3) is 6.79. The van der Waals surface area contributed by atoms with Gasteiger partial charge in [-0.15, -0.1) is 0 Å². The largest absolute Gasteiger partial charge is 0.494 e. The van der Waals surface area contributed by atoms with Crippen molar-refractivity contribution in [2.24, 2.45) is 0 Å². The summed E-state index contributed by atoms with van der Waals surface area (Å²) in [6.45, 7) is 3.21. The van der Waals surface area contributed by atoms with Crippen LogP contribution in [0.2, 0.25) is 0 Å². The van der Waals surface area contributed by atoms with Gasteiger partial charge in [0, 0.05) is 5.69 Å². The summed E-state index contributed by atoms with van der Waals surface area (Å²) < 4.78 is 37.7. The molecule has 1 amide bonds. The maximum absolute atomic E-state index is 12.6. The predicted molar refractivity (Wildman–Crippen MR) is 132 cm³/mol. The molecule has 0 aromatic heterocycles. The van der Waals surface area contributed by atoms with Crippen LogP contribution < -0.4 is 14.8 Å². The number of rotatable bonds is 10. The lowest BCUT2D eigenvalue weighted by Gasteiger charge is -2.10. The van der Waals surface area contributed by atoms with Crippen LogP contribution in [0.4, 0.5) is 17.1 Å². The van der Waals surface area contributed by atoms with E-state index in [1.807, 2.05) is 6.92 Å². The molecular weight excluding hydrogens is 490 g/mol. The first-order valence-corrected chi connectivity index (χ1v) is 12.1. The van der Waals surface area contributed by atoms with Gasteiger partial charge in [-0.3, -0.25) is 19.6 Å². The molecule has 0 aliphatic rings. The van der Waals surface area contributed by atoms with Gasteiger partial charge in [0.25, 0.3) is 21.6 Å². The minimum atomic E-state index is -3.88. The average Bonchev–Trinajstić information content (AvgIpc) is 2.85. The van der Waals surface area contributed by atoms with Crippen molar-refractivity contribution in [2.45, 2.75) is 18.7 Å². The number of benzene rings is 3. The lowest BCUT2D eigenvalue weighted by atomic mass is 10.2. The molecular formula is C24H23N3O8S. The maximum Gasteiger partial charge on any atom is 0.338 e. The smallest absolute Gasteiger partial charge is 0.338 e.